The highest BCUT2D eigenvalue weighted by molar-refractivity contribution is 6.71. The number of halogens is 2. The summed E-state index contributed by atoms with van der Waals surface area (Å²) >= 11 is 11.4. The predicted molar refractivity (Wildman–Crippen MR) is 63.7 cm³/mol. The molecule has 1 N–H and O–H groups in total. The van der Waals surface area contributed by atoms with Gasteiger partial charge in [0, 0.05) is 23.2 Å². The van der Waals surface area contributed by atoms with Crippen molar-refractivity contribution in [1.82, 2.24) is 9.21 Å². The molecule has 7 heteroatoms. The molecule has 13 heavy (non-hydrogen) atoms. The zero-order chi connectivity index (χ0) is 10.1. The molecule has 0 amide bonds. The molecule has 6 radical (unpaired) electrons. The van der Waals surface area contributed by atoms with Gasteiger partial charge in [0.15, 0.2) is 0 Å². The normalized spacial score (nSPS) is 11.5. The van der Waals surface area contributed by atoms with Crippen molar-refractivity contribution in [3.05, 3.63) is 0 Å². The molecular weight excluding hydrogens is 255 g/mol. The Labute approximate surface area is 98.4 Å². The van der Waals surface area contributed by atoms with Crippen molar-refractivity contribution in [2.75, 3.05) is 17.2 Å². The highest BCUT2D eigenvalue weighted by Crippen LogP contribution is 1.85. The minimum absolute atomic E-state index is 0.563. The summed E-state index contributed by atoms with van der Waals surface area (Å²) in [6, 6.07) is 0.563. The van der Waals surface area contributed by atoms with Gasteiger partial charge in [0.25, 0.3) is 0 Å². The van der Waals surface area contributed by atoms with Gasteiger partial charge >= 0.3 is 0 Å². The maximum Gasteiger partial charge on any atom is 0.143 e. The van der Waals surface area contributed by atoms with Crippen molar-refractivity contribution < 1.29 is 0 Å². The lowest BCUT2D eigenvalue weighted by Gasteiger charge is -2.18. The molecule has 0 aromatic heterocycles. The van der Waals surface area contributed by atoms with E-state index in [0.29, 0.717) is 25.4 Å². The highest BCUT2D eigenvalue weighted by atomic mass is 35.5. The number of rotatable bonds is 8. The Kier molecular flexibility index (Phi) is 10.6. The van der Waals surface area contributed by atoms with Crippen LogP contribution < -0.4 is 5.32 Å². The average molecular weight is 269 g/mol. The Morgan fingerprint density at radius 3 is 2.08 bits per heavy atom. The first kappa shape index (κ1) is 14.2. The quantitative estimate of drug-likeness (QED) is 0.510. The van der Waals surface area contributed by atoms with Crippen LogP contribution in [0.15, 0.2) is 0 Å². The maximum absolute atomic E-state index is 5.69. The van der Waals surface area contributed by atoms with Crippen LogP contribution in [-0.4, -0.2) is 56.2 Å². The minimum atomic E-state index is 0.563. The first-order valence-electron chi connectivity index (χ1n) is 4.06. The summed E-state index contributed by atoms with van der Waals surface area (Å²) in [6.45, 7) is 4.31. The van der Waals surface area contributed by atoms with Crippen molar-refractivity contribution in [1.29, 1.82) is 0 Å². The summed E-state index contributed by atoms with van der Waals surface area (Å²) < 4.78 is 2.36. The molecule has 0 atom stereocenters. The third-order valence-corrected chi connectivity index (χ3v) is 6.30. The third kappa shape index (κ3) is 9.45. The van der Waals surface area contributed by atoms with E-state index in [9.17, 15) is 0 Å². The van der Waals surface area contributed by atoms with E-state index < -0.39 is 0 Å². The summed E-state index contributed by atoms with van der Waals surface area (Å²) in [5.74, 6) is 0. The van der Waals surface area contributed by atoms with E-state index in [-0.39, 0.29) is 0 Å². The maximum atomic E-state index is 5.69. The van der Waals surface area contributed by atoms with Crippen LogP contribution in [0.5, 0.6) is 0 Å². The molecular formula is C6H14Cl2N2Si3. The third-order valence-electron chi connectivity index (χ3n) is 1.18. The van der Waals surface area contributed by atoms with Gasteiger partial charge in [-0.1, -0.05) is 13.8 Å². The van der Waals surface area contributed by atoms with Gasteiger partial charge in [0.1, 0.15) is 29.0 Å². The molecule has 0 saturated carbocycles. The minimum Gasteiger partial charge on any atom is -0.372 e. The van der Waals surface area contributed by atoms with Gasteiger partial charge < -0.3 is 9.21 Å². The monoisotopic (exact) mass is 268 g/mol. The van der Waals surface area contributed by atoms with E-state index >= 15 is 0 Å². The van der Waals surface area contributed by atoms with Crippen LogP contribution in [0.4, 0.5) is 0 Å². The van der Waals surface area contributed by atoms with Gasteiger partial charge in [-0.2, -0.15) is 0 Å². The summed E-state index contributed by atoms with van der Waals surface area (Å²) in [4.78, 5) is 0. The van der Waals surface area contributed by atoms with E-state index in [0.717, 1.165) is 26.9 Å². The molecule has 0 fully saturated rings. The van der Waals surface area contributed by atoms with Gasteiger partial charge in [-0.15, -0.1) is 23.2 Å². The highest BCUT2D eigenvalue weighted by Gasteiger charge is 2.06. The molecule has 0 saturated heterocycles. The van der Waals surface area contributed by atoms with E-state index in [4.69, 9.17) is 23.2 Å². The van der Waals surface area contributed by atoms with Gasteiger partial charge in [-0.3, -0.25) is 0 Å². The van der Waals surface area contributed by atoms with E-state index in [2.05, 4.69) is 23.1 Å². The standard InChI is InChI=1S/C6H14Cl2N2Si3/c1-6(2)9-5-13-10(11-3-7)12-4-8/h6,9H,3-5H2,1-2H3. The molecule has 0 aliphatic heterocycles. The number of hydrogen-bond donors (Lipinski definition) is 1. The second kappa shape index (κ2) is 9.70. The van der Waals surface area contributed by atoms with Crippen LogP contribution in [0.2, 0.25) is 0 Å². The molecule has 0 rings (SSSR count). The first-order valence-corrected chi connectivity index (χ1v) is 8.59. The molecule has 0 heterocycles. The van der Waals surface area contributed by atoms with E-state index in [1.165, 1.54) is 0 Å². The number of nitrogens with one attached hydrogen (secondary N) is 1. The van der Waals surface area contributed by atoms with Crippen molar-refractivity contribution >= 4 is 52.2 Å². The predicted octanol–water partition coefficient (Wildman–Crippen LogP) is 0.494. The van der Waals surface area contributed by atoms with Crippen molar-refractivity contribution in [3.8, 4) is 0 Å². The lowest BCUT2D eigenvalue weighted by Crippen LogP contribution is -2.43. The van der Waals surface area contributed by atoms with E-state index in [1.807, 2.05) is 0 Å². The topological polar surface area (TPSA) is 15.3 Å². The SMILES string of the molecule is CC(C)NC[Si]N([Si]CCl)[Si]CCl. The molecule has 0 spiro atoms. The van der Waals surface area contributed by atoms with Crippen LogP contribution in [-0.2, 0) is 0 Å². The molecule has 2 nitrogen and oxygen atoms in total. The second-order valence-electron chi connectivity index (χ2n) is 2.61. The number of hydrogen-bond acceptors (Lipinski definition) is 2. The molecule has 0 aliphatic rings. The Hall–Kier alpha value is 1.15. The fraction of sp³-hybridized carbons (Fsp3) is 1.00. The Morgan fingerprint density at radius 1 is 1.15 bits per heavy atom. The fourth-order valence-electron chi connectivity index (χ4n) is 0.616. The summed E-state index contributed by atoms with van der Waals surface area (Å²) in [7, 11) is 2.24. The van der Waals surface area contributed by atoms with Crippen molar-refractivity contribution in [2.24, 2.45) is 0 Å². The molecule has 0 aromatic carbocycles. The Morgan fingerprint density at radius 2 is 1.69 bits per heavy atom. The average Bonchev–Trinajstić information content (AvgIpc) is 2.04. The lowest BCUT2D eigenvalue weighted by atomic mass is 10.4. The largest absolute Gasteiger partial charge is 0.372 e. The zero-order valence-corrected chi connectivity index (χ0v) is 12.4. The van der Waals surface area contributed by atoms with E-state index in [1.54, 1.807) is 0 Å². The van der Waals surface area contributed by atoms with Crippen molar-refractivity contribution in [3.63, 3.8) is 0 Å². The summed E-state index contributed by atoms with van der Waals surface area (Å²) in [5, 5.41) is 3.39. The van der Waals surface area contributed by atoms with Crippen LogP contribution in [0.3, 0.4) is 0 Å². The zero-order valence-electron chi connectivity index (χ0n) is 7.90. The first-order chi connectivity index (χ1) is 6.20. The molecule has 0 aliphatic carbocycles. The summed E-state index contributed by atoms with van der Waals surface area (Å²) in [5.41, 5.74) is 1.44. The molecule has 0 unspecified atom stereocenters. The van der Waals surface area contributed by atoms with Gasteiger partial charge in [0.2, 0.25) is 0 Å². The van der Waals surface area contributed by atoms with Crippen LogP contribution in [0, 0.1) is 0 Å². The lowest BCUT2D eigenvalue weighted by molar-refractivity contribution is 0.644. The van der Waals surface area contributed by atoms with Gasteiger partial charge in [-0.25, -0.2) is 0 Å². The smallest absolute Gasteiger partial charge is 0.143 e. The summed E-state index contributed by atoms with van der Waals surface area (Å²) in [6.07, 6.45) is 1.05. The Balaban J connectivity index is 3.44. The van der Waals surface area contributed by atoms with Gasteiger partial charge in [0.05, 0.1) is 0 Å². The van der Waals surface area contributed by atoms with Crippen LogP contribution in [0.25, 0.3) is 0 Å². The molecule has 0 bridgehead atoms. The van der Waals surface area contributed by atoms with Crippen LogP contribution in [0.1, 0.15) is 13.8 Å². The molecule has 0 aromatic rings. The van der Waals surface area contributed by atoms with Gasteiger partial charge in [-0.05, 0) is 0 Å². The molecule has 74 valence electrons. The number of nitrogens with zero attached hydrogens (tertiary/aromatic N) is 1. The van der Waals surface area contributed by atoms with Crippen molar-refractivity contribution in [2.45, 2.75) is 19.9 Å². The number of alkyl halides is 2. The van der Waals surface area contributed by atoms with Crippen LogP contribution >= 0.6 is 23.2 Å². The Bertz CT molecular complexity index is 112. The second-order valence-corrected chi connectivity index (χ2v) is 8.74. The fourth-order valence-corrected chi connectivity index (χ4v) is 6.20.